The molecule has 0 amide bonds. The van der Waals surface area contributed by atoms with E-state index < -0.39 is 0 Å². The first-order valence-electron chi connectivity index (χ1n) is 12.5. The van der Waals surface area contributed by atoms with Gasteiger partial charge in [0.2, 0.25) is 0 Å². The quantitative estimate of drug-likeness (QED) is 0.401. The van der Waals surface area contributed by atoms with Gasteiger partial charge in [-0.2, -0.15) is 0 Å². The van der Waals surface area contributed by atoms with Gasteiger partial charge >= 0.3 is 0 Å². The summed E-state index contributed by atoms with van der Waals surface area (Å²) in [6.45, 7) is 1.69. The van der Waals surface area contributed by atoms with Crippen molar-refractivity contribution in [1.82, 2.24) is 9.61 Å². The molecule has 5 rings (SSSR count). The van der Waals surface area contributed by atoms with E-state index in [-0.39, 0.29) is 6.10 Å². The number of ether oxygens (including phenoxy) is 4. The van der Waals surface area contributed by atoms with Gasteiger partial charge in [-0.25, -0.2) is 4.52 Å². The lowest BCUT2D eigenvalue weighted by atomic mass is 9.90. The van der Waals surface area contributed by atoms with E-state index in [9.17, 15) is 0 Å². The number of hydrogen-bond donors (Lipinski definition) is 0. The maximum Gasteiger partial charge on any atom is 0.258 e. The van der Waals surface area contributed by atoms with Crippen LogP contribution in [-0.2, 0) is 14.2 Å². The molecule has 0 saturated heterocycles. The highest BCUT2D eigenvalue weighted by atomic mass is 32.1. The molecule has 0 bridgehead atoms. The van der Waals surface area contributed by atoms with E-state index in [0.29, 0.717) is 17.8 Å². The van der Waals surface area contributed by atoms with E-state index in [2.05, 4.69) is 16.4 Å². The van der Waals surface area contributed by atoms with Crippen molar-refractivity contribution in [3.05, 3.63) is 28.5 Å². The highest BCUT2D eigenvalue weighted by Gasteiger charge is 2.36. The molecule has 0 spiro atoms. The van der Waals surface area contributed by atoms with E-state index in [1.165, 1.54) is 44.1 Å². The fourth-order valence-corrected chi connectivity index (χ4v) is 6.62. The fraction of sp³-hybridized carbons (Fsp3) is 0.654. The summed E-state index contributed by atoms with van der Waals surface area (Å²) in [5, 5.41) is 7.15. The van der Waals surface area contributed by atoms with Crippen LogP contribution in [-0.4, -0.2) is 63.4 Å². The summed E-state index contributed by atoms with van der Waals surface area (Å²) in [5.74, 6) is 2.27. The molecule has 0 radical (unpaired) electrons. The number of allylic oxidation sites excluding steroid dienone is 1. The molecule has 1 unspecified atom stereocenters. The molecule has 0 aliphatic heterocycles. The molecule has 3 aliphatic carbocycles. The van der Waals surface area contributed by atoms with Crippen LogP contribution >= 0.6 is 11.3 Å². The normalized spacial score (nSPS) is 21.4. The van der Waals surface area contributed by atoms with E-state index >= 15 is 0 Å². The topological polar surface area (TPSA) is 57.5 Å². The SMILES string of the molecule is COCCCN(c1c(OC)nn2c(C3=C(OC)C=C(C4CC4)CC3OC)csc12)C1CCCC1. The van der Waals surface area contributed by atoms with E-state index in [1.54, 1.807) is 39.8 Å². The number of thiazole rings is 1. The van der Waals surface area contributed by atoms with Gasteiger partial charge < -0.3 is 23.8 Å². The Labute approximate surface area is 206 Å². The van der Waals surface area contributed by atoms with Crippen LogP contribution in [0.5, 0.6) is 5.88 Å². The van der Waals surface area contributed by atoms with Gasteiger partial charge in [-0.15, -0.1) is 16.4 Å². The predicted octanol–water partition coefficient (Wildman–Crippen LogP) is 5.30. The Kier molecular flexibility index (Phi) is 7.18. The van der Waals surface area contributed by atoms with Crippen molar-refractivity contribution >= 4 is 27.4 Å². The molecule has 0 aromatic carbocycles. The molecule has 3 aliphatic rings. The van der Waals surface area contributed by atoms with Gasteiger partial charge in [0, 0.05) is 44.4 Å². The maximum absolute atomic E-state index is 6.00. The lowest BCUT2D eigenvalue weighted by Crippen LogP contribution is -2.34. The van der Waals surface area contributed by atoms with Crippen LogP contribution in [0.3, 0.4) is 0 Å². The Hall–Kier alpha value is -2.03. The fourth-order valence-electron chi connectivity index (χ4n) is 5.62. The number of methoxy groups -OCH3 is 4. The molecule has 7 nitrogen and oxygen atoms in total. The Morgan fingerprint density at radius 3 is 2.53 bits per heavy atom. The summed E-state index contributed by atoms with van der Waals surface area (Å²) < 4.78 is 25.2. The third kappa shape index (κ3) is 4.36. The molecule has 1 atom stereocenters. The molecule has 2 aromatic heterocycles. The number of nitrogens with zero attached hydrogens (tertiary/aromatic N) is 3. The molecular weight excluding hydrogens is 450 g/mol. The third-order valence-corrected chi connectivity index (χ3v) is 8.43. The van der Waals surface area contributed by atoms with Crippen LogP contribution in [0.4, 0.5) is 5.69 Å². The first kappa shape index (κ1) is 23.7. The predicted molar refractivity (Wildman–Crippen MR) is 136 cm³/mol. The van der Waals surface area contributed by atoms with Gasteiger partial charge in [0.1, 0.15) is 16.3 Å². The van der Waals surface area contributed by atoms with Crippen LogP contribution in [0.15, 0.2) is 22.8 Å². The zero-order valence-corrected chi connectivity index (χ0v) is 21.7. The minimum Gasteiger partial charge on any atom is -0.496 e. The molecule has 2 heterocycles. The van der Waals surface area contributed by atoms with Gasteiger partial charge in [-0.1, -0.05) is 18.4 Å². The third-order valence-electron chi connectivity index (χ3n) is 7.50. The molecule has 0 N–H and O–H groups in total. The maximum atomic E-state index is 6.00. The number of anilines is 1. The number of rotatable bonds is 11. The van der Waals surface area contributed by atoms with Gasteiger partial charge in [0.15, 0.2) is 0 Å². The average molecular weight is 488 g/mol. The minimum absolute atomic E-state index is 0.0420. The smallest absolute Gasteiger partial charge is 0.258 e. The number of hydrogen-bond acceptors (Lipinski definition) is 7. The van der Waals surface area contributed by atoms with Crippen molar-refractivity contribution in [2.24, 2.45) is 5.92 Å². The van der Waals surface area contributed by atoms with E-state index in [1.807, 2.05) is 4.52 Å². The van der Waals surface area contributed by atoms with Crippen LogP contribution in [0.1, 0.15) is 57.1 Å². The molecular formula is C26H37N3O4S. The van der Waals surface area contributed by atoms with Crippen molar-refractivity contribution in [3.63, 3.8) is 0 Å². The summed E-state index contributed by atoms with van der Waals surface area (Å²) in [7, 11) is 7.04. The lowest BCUT2D eigenvalue weighted by Gasteiger charge is -2.30. The van der Waals surface area contributed by atoms with Crippen LogP contribution in [0.25, 0.3) is 10.4 Å². The van der Waals surface area contributed by atoms with Gasteiger partial charge in [-0.3, -0.25) is 0 Å². The van der Waals surface area contributed by atoms with E-state index in [4.69, 9.17) is 24.0 Å². The Balaban J connectivity index is 1.59. The number of fused-ring (bicyclic) bond motifs is 1. The van der Waals surface area contributed by atoms with Crippen molar-refractivity contribution < 1.29 is 18.9 Å². The van der Waals surface area contributed by atoms with Gasteiger partial charge in [-0.05, 0) is 50.5 Å². The second kappa shape index (κ2) is 10.3. The lowest BCUT2D eigenvalue weighted by molar-refractivity contribution is 0.141. The summed E-state index contributed by atoms with van der Waals surface area (Å²) >= 11 is 1.72. The zero-order chi connectivity index (χ0) is 23.7. The largest absolute Gasteiger partial charge is 0.496 e. The Morgan fingerprint density at radius 2 is 1.88 bits per heavy atom. The van der Waals surface area contributed by atoms with Crippen molar-refractivity contribution in [2.75, 3.05) is 46.5 Å². The highest BCUT2D eigenvalue weighted by molar-refractivity contribution is 7.16. The first-order valence-corrected chi connectivity index (χ1v) is 13.4. The molecule has 2 saturated carbocycles. The number of aromatic nitrogens is 2. The molecule has 2 aromatic rings. The van der Waals surface area contributed by atoms with E-state index in [0.717, 1.165) is 53.5 Å². The second-order valence-electron chi connectivity index (χ2n) is 9.58. The minimum atomic E-state index is -0.0420. The molecule has 34 heavy (non-hydrogen) atoms. The average Bonchev–Trinajstić information content (AvgIpc) is 3.26. The zero-order valence-electron chi connectivity index (χ0n) is 20.8. The van der Waals surface area contributed by atoms with Gasteiger partial charge in [0.05, 0.1) is 26.0 Å². The van der Waals surface area contributed by atoms with Crippen LogP contribution in [0, 0.1) is 5.92 Å². The summed E-state index contributed by atoms with van der Waals surface area (Å²) in [6.07, 6.45) is 11.6. The summed E-state index contributed by atoms with van der Waals surface area (Å²) in [4.78, 5) is 3.64. The Bertz CT molecular complexity index is 1060. The molecule has 2 fully saturated rings. The summed E-state index contributed by atoms with van der Waals surface area (Å²) in [5.41, 5.74) is 4.66. The molecule has 186 valence electrons. The van der Waals surface area contributed by atoms with Gasteiger partial charge in [0.25, 0.3) is 5.88 Å². The van der Waals surface area contributed by atoms with Crippen molar-refractivity contribution in [3.8, 4) is 5.88 Å². The Morgan fingerprint density at radius 1 is 1.09 bits per heavy atom. The van der Waals surface area contributed by atoms with Crippen LogP contribution in [0.2, 0.25) is 0 Å². The van der Waals surface area contributed by atoms with Crippen molar-refractivity contribution in [1.29, 1.82) is 0 Å². The highest BCUT2D eigenvalue weighted by Crippen LogP contribution is 2.46. The second-order valence-corrected chi connectivity index (χ2v) is 10.4. The summed E-state index contributed by atoms with van der Waals surface area (Å²) in [6, 6.07) is 0.517. The standard InChI is InChI=1S/C26H37N3O4S/c1-30-13-7-12-28(19-8-5-6-9-19)24-25(33-4)27-29-20(16-34-26(24)29)23-21(31-2)14-18(17-10-11-17)15-22(23)32-3/h14,16-17,19,22H,5-13,15H2,1-4H3. The first-order chi connectivity index (χ1) is 16.7. The van der Waals surface area contributed by atoms with Crippen LogP contribution < -0.4 is 9.64 Å². The monoisotopic (exact) mass is 487 g/mol. The molecule has 8 heteroatoms. The van der Waals surface area contributed by atoms with Crippen molar-refractivity contribution in [2.45, 2.75) is 63.5 Å².